The summed E-state index contributed by atoms with van der Waals surface area (Å²) in [5, 5.41) is 4.51. The molecule has 118 valence electrons. The van der Waals surface area contributed by atoms with Gasteiger partial charge in [-0.25, -0.2) is 0 Å². The van der Waals surface area contributed by atoms with E-state index in [1.165, 1.54) is 5.56 Å². The molecular formula is C19H17BrClNO. The minimum atomic E-state index is 0.227. The Morgan fingerprint density at radius 3 is 2.83 bits per heavy atom. The van der Waals surface area contributed by atoms with Gasteiger partial charge in [0.1, 0.15) is 5.75 Å². The first-order valence-electron chi connectivity index (χ1n) is 7.74. The summed E-state index contributed by atoms with van der Waals surface area (Å²) in [6, 6.07) is 12.5. The first-order chi connectivity index (χ1) is 11.2. The van der Waals surface area contributed by atoms with Crippen LogP contribution in [0.2, 0.25) is 5.02 Å². The molecule has 0 fully saturated rings. The number of methoxy groups -OCH3 is 1. The molecule has 0 saturated carbocycles. The van der Waals surface area contributed by atoms with Gasteiger partial charge in [0.05, 0.1) is 18.8 Å². The zero-order valence-corrected chi connectivity index (χ0v) is 15.1. The third-order valence-corrected chi connectivity index (χ3v) is 5.94. The van der Waals surface area contributed by atoms with Gasteiger partial charge in [-0.05, 0) is 36.1 Å². The van der Waals surface area contributed by atoms with Gasteiger partial charge in [-0.2, -0.15) is 0 Å². The number of hydrogen-bond donors (Lipinski definition) is 1. The number of benzene rings is 2. The maximum atomic E-state index is 6.52. The fourth-order valence-corrected chi connectivity index (χ4v) is 4.66. The van der Waals surface area contributed by atoms with Crippen LogP contribution in [0.4, 0.5) is 5.69 Å². The van der Waals surface area contributed by atoms with Crippen molar-refractivity contribution in [1.82, 2.24) is 0 Å². The zero-order chi connectivity index (χ0) is 16.0. The number of nitrogens with one attached hydrogen (secondary N) is 1. The van der Waals surface area contributed by atoms with E-state index in [-0.39, 0.29) is 6.04 Å². The normalized spacial score (nSPS) is 24.7. The van der Waals surface area contributed by atoms with Crippen molar-refractivity contribution in [3.63, 3.8) is 0 Å². The molecule has 2 aromatic rings. The quantitative estimate of drug-likeness (QED) is 0.641. The highest BCUT2D eigenvalue weighted by atomic mass is 79.9. The van der Waals surface area contributed by atoms with E-state index in [9.17, 15) is 0 Å². The minimum absolute atomic E-state index is 0.227. The van der Waals surface area contributed by atoms with Crippen molar-refractivity contribution in [2.75, 3.05) is 12.4 Å². The Labute approximate surface area is 149 Å². The average molecular weight is 391 g/mol. The van der Waals surface area contributed by atoms with E-state index < -0.39 is 0 Å². The first kappa shape index (κ1) is 15.1. The van der Waals surface area contributed by atoms with E-state index in [4.69, 9.17) is 16.3 Å². The number of allylic oxidation sites excluding steroid dienone is 2. The molecule has 4 heteroatoms. The van der Waals surface area contributed by atoms with Gasteiger partial charge in [0, 0.05) is 21.0 Å². The monoisotopic (exact) mass is 389 g/mol. The smallest absolute Gasteiger partial charge is 0.142 e. The lowest BCUT2D eigenvalue weighted by Crippen LogP contribution is -2.29. The van der Waals surface area contributed by atoms with Crippen molar-refractivity contribution in [3.8, 4) is 5.75 Å². The summed E-state index contributed by atoms with van der Waals surface area (Å²) in [5.41, 5.74) is 3.46. The molecule has 0 aromatic heterocycles. The Kier molecular flexibility index (Phi) is 3.86. The van der Waals surface area contributed by atoms with E-state index in [0.717, 1.165) is 32.9 Å². The van der Waals surface area contributed by atoms with Gasteiger partial charge >= 0.3 is 0 Å². The molecule has 1 aliphatic carbocycles. The van der Waals surface area contributed by atoms with Crippen LogP contribution >= 0.6 is 27.5 Å². The van der Waals surface area contributed by atoms with Crippen LogP contribution in [0.15, 0.2) is 53.0 Å². The Balaban J connectivity index is 1.88. The maximum absolute atomic E-state index is 6.52. The number of halogens is 2. The van der Waals surface area contributed by atoms with Crippen LogP contribution in [0.1, 0.15) is 29.5 Å². The fourth-order valence-electron chi connectivity index (χ4n) is 3.84. The standard InChI is InChI=1S/C19H17BrClNO/c1-23-16-10-9-15(21)17-11-6-4-7-12(11)18(22-19(16)17)13-5-2-3-8-14(13)20/h2-6,8-12,18,22H,7H2,1H3/t11-,12+,18-/m1/s1. The minimum Gasteiger partial charge on any atom is -0.495 e. The van der Waals surface area contributed by atoms with Crippen molar-refractivity contribution in [1.29, 1.82) is 0 Å². The molecule has 2 aromatic carbocycles. The third-order valence-electron chi connectivity index (χ3n) is 4.89. The Morgan fingerprint density at radius 1 is 1.22 bits per heavy atom. The molecule has 23 heavy (non-hydrogen) atoms. The second-order valence-corrected chi connectivity index (χ2v) is 7.30. The predicted molar refractivity (Wildman–Crippen MR) is 98.5 cm³/mol. The second-order valence-electron chi connectivity index (χ2n) is 6.04. The summed E-state index contributed by atoms with van der Waals surface area (Å²) in [6.07, 6.45) is 5.61. The lowest BCUT2D eigenvalue weighted by Gasteiger charge is -2.39. The number of rotatable bonds is 2. The third kappa shape index (κ3) is 2.38. The maximum Gasteiger partial charge on any atom is 0.142 e. The molecule has 1 aliphatic heterocycles. The van der Waals surface area contributed by atoms with Crippen molar-refractivity contribution >= 4 is 33.2 Å². The number of hydrogen-bond acceptors (Lipinski definition) is 2. The lowest BCUT2D eigenvalue weighted by molar-refractivity contribution is 0.397. The lowest BCUT2D eigenvalue weighted by atomic mass is 9.77. The molecule has 3 atom stereocenters. The molecule has 0 amide bonds. The van der Waals surface area contributed by atoms with Crippen LogP contribution in [-0.2, 0) is 0 Å². The van der Waals surface area contributed by atoms with Crippen LogP contribution in [0.5, 0.6) is 5.75 Å². The highest BCUT2D eigenvalue weighted by molar-refractivity contribution is 9.10. The highest BCUT2D eigenvalue weighted by Gasteiger charge is 2.40. The van der Waals surface area contributed by atoms with Crippen LogP contribution < -0.4 is 10.1 Å². The van der Waals surface area contributed by atoms with Gasteiger partial charge in [-0.1, -0.05) is 57.9 Å². The van der Waals surface area contributed by atoms with Gasteiger partial charge in [0.15, 0.2) is 0 Å². The summed E-state index contributed by atoms with van der Waals surface area (Å²) in [5.74, 6) is 1.64. The van der Waals surface area contributed by atoms with Crippen molar-refractivity contribution in [3.05, 3.63) is 69.2 Å². The Morgan fingerprint density at radius 2 is 2.04 bits per heavy atom. The van der Waals surface area contributed by atoms with Crippen LogP contribution in [0.3, 0.4) is 0 Å². The molecular weight excluding hydrogens is 374 g/mol. The fraction of sp³-hybridized carbons (Fsp3) is 0.263. The van der Waals surface area contributed by atoms with Crippen molar-refractivity contribution < 1.29 is 4.74 Å². The van der Waals surface area contributed by atoms with Gasteiger partial charge in [-0.15, -0.1) is 0 Å². The van der Waals surface area contributed by atoms with Crippen molar-refractivity contribution in [2.24, 2.45) is 5.92 Å². The van der Waals surface area contributed by atoms with E-state index in [1.54, 1.807) is 7.11 Å². The van der Waals surface area contributed by atoms with E-state index in [0.29, 0.717) is 11.8 Å². The summed E-state index contributed by atoms with van der Waals surface area (Å²) in [4.78, 5) is 0. The number of fused-ring (bicyclic) bond motifs is 3. The topological polar surface area (TPSA) is 21.3 Å². The SMILES string of the molecule is COc1ccc(Cl)c2c1N[C@@H](c1ccccc1Br)[C@H]1CC=C[C@@H]21. The molecule has 2 aliphatic rings. The zero-order valence-electron chi connectivity index (χ0n) is 12.7. The molecule has 0 radical (unpaired) electrons. The second kappa shape index (κ2) is 5.88. The number of anilines is 1. The average Bonchev–Trinajstić information content (AvgIpc) is 3.04. The van der Waals surface area contributed by atoms with Crippen molar-refractivity contribution in [2.45, 2.75) is 18.4 Å². The summed E-state index contributed by atoms with van der Waals surface area (Å²) >= 11 is 10.2. The highest BCUT2D eigenvalue weighted by Crippen LogP contribution is 2.54. The molecule has 2 nitrogen and oxygen atoms in total. The molecule has 4 rings (SSSR count). The van der Waals surface area contributed by atoms with Crippen LogP contribution in [0, 0.1) is 5.92 Å². The van der Waals surface area contributed by atoms with Crippen LogP contribution in [-0.4, -0.2) is 7.11 Å². The molecule has 0 bridgehead atoms. The van der Waals surface area contributed by atoms with Gasteiger partial charge in [0.25, 0.3) is 0 Å². The molecule has 0 unspecified atom stereocenters. The van der Waals surface area contributed by atoms with Gasteiger partial charge < -0.3 is 10.1 Å². The summed E-state index contributed by atoms with van der Waals surface area (Å²) in [7, 11) is 1.70. The molecule has 1 N–H and O–H groups in total. The van der Waals surface area contributed by atoms with Gasteiger partial charge in [0.2, 0.25) is 0 Å². The van der Waals surface area contributed by atoms with Gasteiger partial charge in [-0.3, -0.25) is 0 Å². The largest absolute Gasteiger partial charge is 0.495 e. The molecule has 0 spiro atoms. The van der Waals surface area contributed by atoms with Crippen LogP contribution in [0.25, 0.3) is 0 Å². The predicted octanol–water partition coefficient (Wildman–Crippen LogP) is 5.94. The van der Waals surface area contributed by atoms with E-state index >= 15 is 0 Å². The van der Waals surface area contributed by atoms with E-state index in [1.807, 2.05) is 18.2 Å². The first-order valence-corrected chi connectivity index (χ1v) is 8.92. The Bertz CT molecular complexity index is 789. The van der Waals surface area contributed by atoms with E-state index in [2.05, 4.69) is 51.6 Å². The number of ether oxygens (including phenoxy) is 1. The Hall–Kier alpha value is -1.45. The summed E-state index contributed by atoms with van der Waals surface area (Å²) < 4.78 is 6.71. The molecule has 0 saturated heterocycles. The molecule has 1 heterocycles. The summed E-state index contributed by atoms with van der Waals surface area (Å²) in [6.45, 7) is 0.